The van der Waals surface area contributed by atoms with Crippen LogP contribution in [0.5, 0.6) is 17.2 Å². The Hall–Kier alpha value is -4.13. The van der Waals surface area contributed by atoms with Crippen LogP contribution in [0.1, 0.15) is 35.7 Å². The zero-order valence-electron chi connectivity index (χ0n) is 18.6. The van der Waals surface area contributed by atoms with Crippen molar-refractivity contribution in [3.8, 4) is 17.2 Å². The van der Waals surface area contributed by atoms with Crippen LogP contribution >= 0.6 is 0 Å². The molecule has 0 fully saturated rings. The molecule has 0 bridgehead atoms. The van der Waals surface area contributed by atoms with Gasteiger partial charge < -0.3 is 14.2 Å². The van der Waals surface area contributed by atoms with Crippen LogP contribution in [0, 0.1) is 0 Å². The highest BCUT2D eigenvalue weighted by Crippen LogP contribution is 2.19. The quantitative estimate of drug-likeness (QED) is 0.213. The zero-order chi connectivity index (χ0) is 23.5. The molecule has 170 valence electrons. The van der Waals surface area contributed by atoms with Gasteiger partial charge in [0.25, 0.3) is 5.91 Å². The van der Waals surface area contributed by atoms with Crippen molar-refractivity contribution in [2.75, 3.05) is 7.11 Å². The average Bonchev–Trinajstić information content (AvgIpc) is 2.85. The fourth-order valence-electron chi connectivity index (χ4n) is 2.93. The summed E-state index contributed by atoms with van der Waals surface area (Å²) in [5.41, 5.74) is 3.73. The normalized spacial score (nSPS) is 11.6. The number of carbonyl (C=O) groups is 2. The number of rotatable bonds is 10. The largest absolute Gasteiger partial charge is 0.497 e. The molecule has 1 N–H and O–H groups in total. The number of methoxy groups -OCH3 is 1. The topological polar surface area (TPSA) is 86.2 Å². The molecule has 0 saturated carbocycles. The van der Waals surface area contributed by atoms with Crippen LogP contribution in [0.15, 0.2) is 84.0 Å². The van der Waals surface area contributed by atoms with Gasteiger partial charge in [0.15, 0.2) is 6.10 Å². The highest BCUT2D eigenvalue weighted by molar-refractivity contribution is 5.91. The molecule has 0 aliphatic carbocycles. The lowest BCUT2D eigenvalue weighted by Gasteiger charge is -2.17. The molecule has 0 heterocycles. The van der Waals surface area contributed by atoms with Gasteiger partial charge in [0, 0.05) is 0 Å². The molecule has 0 spiro atoms. The molecule has 7 nitrogen and oxygen atoms in total. The average molecular weight is 447 g/mol. The third kappa shape index (κ3) is 7.21. The summed E-state index contributed by atoms with van der Waals surface area (Å²) in [7, 11) is 1.59. The number of nitrogens with zero attached hydrogens (tertiary/aromatic N) is 1. The number of ether oxygens (including phenoxy) is 3. The van der Waals surface area contributed by atoms with E-state index in [1.54, 1.807) is 79.9 Å². The second kappa shape index (κ2) is 12.0. The first kappa shape index (κ1) is 23.5. The van der Waals surface area contributed by atoms with Crippen molar-refractivity contribution in [2.45, 2.75) is 25.9 Å². The minimum absolute atomic E-state index is 0.336. The van der Waals surface area contributed by atoms with Crippen LogP contribution in [0.3, 0.4) is 0 Å². The summed E-state index contributed by atoms with van der Waals surface area (Å²) in [5.74, 6) is 0.944. The maximum atomic E-state index is 12.5. The van der Waals surface area contributed by atoms with E-state index >= 15 is 0 Å². The molecule has 1 atom stereocenters. The van der Waals surface area contributed by atoms with E-state index in [1.165, 1.54) is 6.21 Å². The number of nitrogens with one attached hydrogen (secondary N) is 1. The zero-order valence-corrected chi connectivity index (χ0v) is 18.6. The van der Waals surface area contributed by atoms with Crippen LogP contribution in [-0.4, -0.2) is 31.3 Å². The van der Waals surface area contributed by atoms with Gasteiger partial charge in [-0.05, 0) is 72.6 Å². The maximum Gasteiger partial charge on any atom is 0.343 e. The molecule has 3 rings (SSSR count). The fraction of sp³-hybridized carbons (Fsp3) is 0.192. The second-order valence-electron chi connectivity index (χ2n) is 7.13. The van der Waals surface area contributed by atoms with Gasteiger partial charge >= 0.3 is 5.97 Å². The highest BCUT2D eigenvalue weighted by Gasteiger charge is 2.19. The standard InChI is InChI=1S/C26H26N2O5/c1-3-7-24(32-22-16-14-21(31-2)15-17-22)25(29)28-27-18-19-10-12-23(13-11-19)33-26(30)20-8-5-4-6-9-20/h4-6,8-18,24H,3,7H2,1-2H3,(H,28,29)/b27-18-/t24-/m1/s1. The molecule has 0 aromatic heterocycles. The molecule has 0 aliphatic heterocycles. The Morgan fingerprint density at radius 1 is 0.909 bits per heavy atom. The SMILES string of the molecule is CCC[C@@H](Oc1ccc(OC)cc1)C(=O)N/N=C\c1ccc(OC(=O)c2ccccc2)cc1. The number of benzene rings is 3. The number of esters is 1. The third-order valence-electron chi connectivity index (χ3n) is 4.67. The molecule has 3 aromatic rings. The highest BCUT2D eigenvalue weighted by atomic mass is 16.5. The molecular weight excluding hydrogens is 420 g/mol. The van der Waals surface area contributed by atoms with Crippen LogP contribution in [0.2, 0.25) is 0 Å². The Bertz CT molecular complexity index is 1060. The van der Waals surface area contributed by atoms with E-state index in [9.17, 15) is 9.59 Å². The molecule has 1 amide bonds. The smallest absolute Gasteiger partial charge is 0.343 e. The van der Waals surface area contributed by atoms with Crippen LogP contribution in [-0.2, 0) is 4.79 Å². The number of carbonyl (C=O) groups excluding carboxylic acids is 2. The molecule has 0 saturated heterocycles. The Kier molecular flexibility index (Phi) is 8.59. The van der Waals surface area contributed by atoms with E-state index < -0.39 is 12.1 Å². The summed E-state index contributed by atoms with van der Waals surface area (Å²) in [6.45, 7) is 1.98. The van der Waals surface area contributed by atoms with E-state index in [0.717, 1.165) is 12.0 Å². The third-order valence-corrected chi connectivity index (χ3v) is 4.67. The fourth-order valence-corrected chi connectivity index (χ4v) is 2.93. The van der Waals surface area contributed by atoms with E-state index in [2.05, 4.69) is 10.5 Å². The van der Waals surface area contributed by atoms with Crippen molar-refractivity contribution in [1.29, 1.82) is 0 Å². The molecule has 33 heavy (non-hydrogen) atoms. The molecule has 0 radical (unpaired) electrons. The Labute approximate surface area is 193 Å². The Balaban J connectivity index is 1.53. The van der Waals surface area contributed by atoms with Gasteiger partial charge in [-0.15, -0.1) is 0 Å². The van der Waals surface area contributed by atoms with Gasteiger partial charge in [-0.3, -0.25) is 4.79 Å². The lowest BCUT2D eigenvalue weighted by molar-refractivity contribution is -0.128. The monoisotopic (exact) mass is 446 g/mol. The lowest BCUT2D eigenvalue weighted by atomic mass is 10.2. The number of hydrogen-bond donors (Lipinski definition) is 1. The summed E-state index contributed by atoms with van der Waals surface area (Å²) >= 11 is 0. The molecular formula is C26H26N2O5. The van der Waals surface area contributed by atoms with Gasteiger partial charge in [-0.25, -0.2) is 10.2 Å². The van der Waals surface area contributed by atoms with E-state index in [4.69, 9.17) is 14.2 Å². The van der Waals surface area contributed by atoms with Crippen LogP contribution in [0.25, 0.3) is 0 Å². The van der Waals surface area contributed by atoms with E-state index in [-0.39, 0.29) is 5.91 Å². The molecule has 0 unspecified atom stereocenters. The number of amides is 1. The summed E-state index contributed by atoms with van der Waals surface area (Å²) in [6.07, 6.45) is 2.17. The molecule has 0 aliphatic rings. The van der Waals surface area contributed by atoms with Crippen molar-refractivity contribution in [1.82, 2.24) is 5.43 Å². The minimum atomic E-state index is -0.666. The van der Waals surface area contributed by atoms with Crippen molar-refractivity contribution in [3.05, 3.63) is 90.0 Å². The van der Waals surface area contributed by atoms with E-state index in [1.807, 2.05) is 13.0 Å². The van der Waals surface area contributed by atoms with E-state index in [0.29, 0.717) is 29.2 Å². The lowest BCUT2D eigenvalue weighted by Crippen LogP contribution is -2.35. The van der Waals surface area contributed by atoms with Gasteiger partial charge in [-0.2, -0.15) is 5.10 Å². The predicted octanol–water partition coefficient (Wildman–Crippen LogP) is 4.61. The van der Waals surface area contributed by atoms with Gasteiger partial charge in [0.2, 0.25) is 0 Å². The van der Waals surface area contributed by atoms with Gasteiger partial charge in [0.1, 0.15) is 17.2 Å². The number of hydrazone groups is 1. The van der Waals surface area contributed by atoms with Crippen molar-refractivity contribution in [2.24, 2.45) is 5.10 Å². The summed E-state index contributed by atoms with van der Waals surface area (Å²) in [5, 5.41) is 4.02. The van der Waals surface area contributed by atoms with Crippen molar-refractivity contribution < 1.29 is 23.8 Å². The molecule has 3 aromatic carbocycles. The van der Waals surface area contributed by atoms with Gasteiger partial charge in [0.05, 0.1) is 18.9 Å². The van der Waals surface area contributed by atoms with Gasteiger partial charge in [-0.1, -0.05) is 31.5 Å². The molecule has 7 heteroatoms. The first-order valence-electron chi connectivity index (χ1n) is 10.6. The summed E-state index contributed by atoms with van der Waals surface area (Å²) in [4.78, 5) is 24.6. The van der Waals surface area contributed by atoms with Crippen LogP contribution < -0.4 is 19.6 Å². The second-order valence-corrected chi connectivity index (χ2v) is 7.13. The minimum Gasteiger partial charge on any atom is -0.497 e. The van der Waals surface area contributed by atoms with Crippen molar-refractivity contribution in [3.63, 3.8) is 0 Å². The Morgan fingerprint density at radius 2 is 1.55 bits per heavy atom. The summed E-state index contributed by atoms with van der Waals surface area (Å²) < 4.78 is 16.3. The maximum absolute atomic E-state index is 12.5. The summed E-state index contributed by atoms with van der Waals surface area (Å²) in [6, 6.07) is 22.6. The first-order valence-corrected chi connectivity index (χ1v) is 10.6. The Morgan fingerprint density at radius 3 is 2.18 bits per heavy atom. The predicted molar refractivity (Wildman–Crippen MR) is 126 cm³/mol. The van der Waals surface area contributed by atoms with Crippen LogP contribution in [0.4, 0.5) is 0 Å². The number of hydrogen-bond acceptors (Lipinski definition) is 6. The van der Waals surface area contributed by atoms with Crippen molar-refractivity contribution >= 4 is 18.1 Å². The first-order chi connectivity index (χ1) is 16.1.